The summed E-state index contributed by atoms with van der Waals surface area (Å²) in [5.74, 6) is -0.187. The Bertz CT molecular complexity index is 430. The molecule has 3 rings (SSSR count). The molecule has 2 atom stereocenters. The van der Waals surface area contributed by atoms with E-state index in [1.165, 1.54) is 0 Å². The molecule has 2 bridgehead atoms. The first-order valence-electron chi connectivity index (χ1n) is 5.01. The molecule has 4 heteroatoms. The molecule has 1 aromatic carbocycles. The zero-order valence-corrected chi connectivity index (χ0v) is 8.06. The van der Waals surface area contributed by atoms with Crippen LogP contribution in [0.2, 0.25) is 0 Å². The summed E-state index contributed by atoms with van der Waals surface area (Å²) in [6.07, 6.45) is 1.19. The monoisotopic (exact) mass is 205 g/mol. The van der Waals surface area contributed by atoms with Crippen LogP contribution in [0.25, 0.3) is 0 Å². The van der Waals surface area contributed by atoms with E-state index in [2.05, 4.69) is 5.32 Å². The number of carboxylic acids is 1. The van der Waals surface area contributed by atoms with Crippen molar-refractivity contribution >= 4 is 5.97 Å². The van der Waals surface area contributed by atoms with E-state index in [4.69, 9.17) is 9.84 Å². The first-order valence-corrected chi connectivity index (χ1v) is 5.01. The van der Waals surface area contributed by atoms with Gasteiger partial charge in [0.05, 0.1) is 5.56 Å². The maximum atomic E-state index is 10.8. The SMILES string of the molecule is O=C(O)c1ccc2c(c1)O[C@H]1CN[C@@H]2C1. The van der Waals surface area contributed by atoms with Crippen molar-refractivity contribution in [3.05, 3.63) is 29.3 Å². The molecule has 0 saturated carbocycles. The Hall–Kier alpha value is -1.55. The van der Waals surface area contributed by atoms with Crippen molar-refractivity contribution in [2.45, 2.75) is 18.6 Å². The molecule has 0 amide bonds. The number of benzene rings is 1. The minimum Gasteiger partial charge on any atom is -0.489 e. The molecular weight excluding hydrogens is 194 g/mol. The Morgan fingerprint density at radius 2 is 2.40 bits per heavy atom. The second kappa shape index (κ2) is 2.97. The topological polar surface area (TPSA) is 58.6 Å². The van der Waals surface area contributed by atoms with Gasteiger partial charge in [-0.05, 0) is 12.1 Å². The highest BCUT2D eigenvalue weighted by molar-refractivity contribution is 5.88. The third-order valence-corrected chi connectivity index (χ3v) is 3.02. The molecule has 2 aliphatic heterocycles. The van der Waals surface area contributed by atoms with E-state index in [1.807, 2.05) is 6.07 Å². The van der Waals surface area contributed by atoms with E-state index in [-0.39, 0.29) is 11.7 Å². The lowest BCUT2D eigenvalue weighted by atomic mass is 9.99. The number of hydrogen-bond donors (Lipinski definition) is 2. The van der Waals surface area contributed by atoms with Crippen molar-refractivity contribution in [2.75, 3.05) is 6.54 Å². The average molecular weight is 205 g/mol. The van der Waals surface area contributed by atoms with Crippen molar-refractivity contribution in [1.29, 1.82) is 0 Å². The van der Waals surface area contributed by atoms with Gasteiger partial charge in [-0.2, -0.15) is 0 Å². The molecule has 1 fully saturated rings. The van der Waals surface area contributed by atoms with E-state index in [0.717, 1.165) is 24.3 Å². The first-order chi connectivity index (χ1) is 7.24. The minimum atomic E-state index is -0.910. The zero-order valence-electron chi connectivity index (χ0n) is 8.06. The summed E-state index contributed by atoms with van der Waals surface area (Å²) in [7, 11) is 0. The molecule has 78 valence electrons. The Balaban J connectivity index is 2.06. The van der Waals surface area contributed by atoms with Crippen molar-refractivity contribution < 1.29 is 14.6 Å². The van der Waals surface area contributed by atoms with Crippen molar-refractivity contribution in [1.82, 2.24) is 5.32 Å². The predicted octanol–water partition coefficient (Wildman–Crippen LogP) is 1.18. The second-order valence-electron chi connectivity index (χ2n) is 3.99. The number of aromatic carboxylic acids is 1. The van der Waals surface area contributed by atoms with Crippen molar-refractivity contribution in [3.8, 4) is 5.75 Å². The summed E-state index contributed by atoms with van der Waals surface area (Å²) in [5, 5.41) is 12.2. The molecule has 15 heavy (non-hydrogen) atoms. The van der Waals surface area contributed by atoms with Gasteiger partial charge in [0.1, 0.15) is 11.9 Å². The Morgan fingerprint density at radius 3 is 3.20 bits per heavy atom. The van der Waals surface area contributed by atoms with Gasteiger partial charge >= 0.3 is 5.97 Å². The number of carbonyl (C=O) groups is 1. The molecule has 4 nitrogen and oxygen atoms in total. The van der Waals surface area contributed by atoms with E-state index in [1.54, 1.807) is 12.1 Å². The van der Waals surface area contributed by atoms with Crippen molar-refractivity contribution in [2.24, 2.45) is 0 Å². The number of ether oxygens (including phenoxy) is 1. The number of nitrogens with one attached hydrogen (secondary N) is 1. The number of fused-ring (bicyclic) bond motifs is 4. The summed E-state index contributed by atoms with van der Waals surface area (Å²) < 4.78 is 5.69. The molecule has 0 aromatic heterocycles. The first kappa shape index (κ1) is 8.73. The molecule has 0 unspecified atom stereocenters. The maximum absolute atomic E-state index is 10.8. The van der Waals surface area contributed by atoms with Gasteiger partial charge in [-0.3, -0.25) is 0 Å². The highest BCUT2D eigenvalue weighted by Crippen LogP contribution is 2.38. The van der Waals surface area contributed by atoms with Gasteiger partial charge in [0.2, 0.25) is 0 Å². The third-order valence-electron chi connectivity index (χ3n) is 3.02. The van der Waals surface area contributed by atoms with E-state index in [9.17, 15) is 4.79 Å². The van der Waals surface area contributed by atoms with Crippen LogP contribution in [0, 0.1) is 0 Å². The Kier molecular flexibility index (Phi) is 1.73. The van der Waals surface area contributed by atoms with Gasteiger partial charge < -0.3 is 15.2 Å². The fourth-order valence-electron chi connectivity index (χ4n) is 2.27. The fraction of sp³-hybridized carbons (Fsp3) is 0.364. The summed E-state index contributed by atoms with van der Waals surface area (Å²) >= 11 is 0. The average Bonchev–Trinajstić information content (AvgIpc) is 2.60. The van der Waals surface area contributed by atoms with E-state index in [0.29, 0.717) is 6.04 Å². The van der Waals surface area contributed by atoms with Crippen LogP contribution in [0.1, 0.15) is 28.4 Å². The van der Waals surface area contributed by atoms with Gasteiger partial charge in [-0.1, -0.05) is 6.07 Å². The second-order valence-corrected chi connectivity index (χ2v) is 3.99. The van der Waals surface area contributed by atoms with Crippen LogP contribution in [-0.4, -0.2) is 23.7 Å². The minimum absolute atomic E-state index is 0.201. The molecule has 1 aromatic rings. The Morgan fingerprint density at radius 1 is 1.53 bits per heavy atom. The van der Waals surface area contributed by atoms with Crippen LogP contribution < -0.4 is 10.1 Å². The molecule has 1 saturated heterocycles. The predicted molar refractivity (Wildman–Crippen MR) is 53.2 cm³/mol. The summed E-state index contributed by atoms with van der Waals surface area (Å²) in [4.78, 5) is 10.8. The number of rotatable bonds is 1. The fourth-order valence-corrected chi connectivity index (χ4v) is 2.27. The molecule has 0 radical (unpaired) electrons. The standard InChI is InChI=1S/C11H11NO3/c13-11(14)6-1-2-8-9-4-7(5-12-9)15-10(8)3-6/h1-3,7,9,12H,4-5H2,(H,13,14)/t7-,9-/m1/s1. The van der Waals surface area contributed by atoms with Crippen LogP contribution in [0.5, 0.6) is 5.75 Å². The van der Waals surface area contributed by atoms with Crippen LogP contribution in [0.15, 0.2) is 18.2 Å². The summed E-state index contributed by atoms with van der Waals surface area (Å²) in [6, 6.07) is 5.42. The highest BCUT2D eigenvalue weighted by Gasteiger charge is 2.34. The zero-order chi connectivity index (χ0) is 10.4. The lowest BCUT2D eigenvalue weighted by molar-refractivity contribution is 0.0696. The molecule has 0 aliphatic carbocycles. The highest BCUT2D eigenvalue weighted by atomic mass is 16.5. The Labute approximate surface area is 86.9 Å². The van der Waals surface area contributed by atoms with E-state index >= 15 is 0 Å². The van der Waals surface area contributed by atoms with Gasteiger partial charge in [0.15, 0.2) is 0 Å². The van der Waals surface area contributed by atoms with Crippen molar-refractivity contribution in [3.63, 3.8) is 0 Å². The molecule has 2 N–H and O–H groups in total. The summed E-state index contributed by atoms with van der Waals surface area (Å²) in [5.41, 5.74) is 1.36. The largest absolute Gasteiger partial charge is 0.489 e. The molecule has 2 heterocycles. The summed E-state index contributed by atoms with van der Waals surface area (Å²) in [6.45, 7) is 0.849. The molecule has 0 spiro atoms. The van der Waals surface area contributed by atoms with Crippen LogP contribution in [-0.2, 0) is 0 Å². The lowest BCUT2D eigenvalue weighted by Gasteiger charge is -2.23. The van der Waals surface area contributed by atoms with E-state index < -0.39 is 5.97 Å². The lowest BCUT2D eigenvalue weighted by Crippen LogP contribution is -2.20. The molecule has 2 aliphatic rings. The quantitative estimate of drug-likeness (QED) is 0.722. The van der Waals surface area contributed by atoms with Crippen LogP contribution >= 0.6 is 0 Å². The van der Waals surface area contributed by atoms with Crippen LogP contribution in [0.4, 0.5) is 0 Å². The van der Waals surface area contributed by atoms with Crippen LogP contribution in [0.3, 0.4) is 0 Å². The normalized spacial score (nSPS) is 26.9. The smallest absolute Gasteiger partial charge is 0.335 e. The maximum Gasteiger partial charge on any atom is 0.335 e. The molecular formula is C11H11NO3. The van der Waals surface area contributed by atoms with Gasteiger partial charge in [-0.25, -0.2) is 4.79 Å². The number of carboxylic acid groups (broad SMARTS) is 1. The third kappa shape index (κ3) is 1.29. The van der Waals surface area contributed by atoms with Gasteiger partial charge in [0, 0.05) is 24.6 Å². The van der Waals surface area contributed by atoms with Gasteiger partial charge in [0.25, 0.3) is 0 Å². The van der Waals surface area contributed by atoms with Gasteiger partial charge in [-0.15, -0.1) is 0 Å². The number of hydrogen-bond acceptors (Lipinski definition) is 3.